The lowest BCUT2D eigenvalue weighted by Crippen LogP contribution is -1.93. The summed E-state index contributed by atoms with van der Waals surface area (Å²) >= 11 is 3.56. The van der Waals surface area contributed by atoms with Crippen molar-refractivity contribution in [3.05, 3.63) is 58.1 Å². The Balaban J connectivity index is 2.08. The van der Waals surface area contributed by atoms with Crippen molar-refractivity contribution in [1.82, 2.24) is 9.38 Å². The minimum atomic E-state index is -0.238. The van der Waals surface area contributed by atoms with Gasteiger partial charge in [0.1, 0.15) is 11.5 Å². The van der Waals surface area contributed by atoms with E-state index >= 15 is 0 Å². The third kappa shape index (κ3) is 1.24. The van der Waals surface area contributed by atoms with E-state index in [1.165, 1.54) is 17.8 Å². The van der Waals surface area contributed by atoms with Crippen LogP contribution in [0.2, 0.25) is 0 Å². The molecule has 18 heavy (non-hydrogen) atoms. The smallest absolute Gasteiger partial charge is 0.139 e. The van der Waals surface area contributed by atoms with E-state index in [1.54, 1.807) is 6.07 Å². The van der Waals surface area contributed by atoms with E-state index in [0.29, 0.717) is 0 Å². The summed E-state index contributed by atoms with van der Waals surface area (Å²) in [5.41, 5.74) is 5.20. The van der Waals surface area contributed by atoms with Crippen molar-refractivity contribution < 1.29 is 4.39 Å². The molecule has 2 nitrogen and oxygen atoms in total. The second-order valence-corrected chi connectivity index (χ2v) is 5.28. The van der Waals surface area contributed by atoms with E-state index in [4.69, 9.17) is 0 Å². The first-order chi connectivity index (χ1) is 8.74. The van der Waals surface area contributed by atoms with E-state index < -0.39 is 0 Å². The summed E-state index contributed by atoms with van der Waals surface area (Å²) in [4.78, 5) is 4.59. The number of rotatable bonds is 0. The number of benzene rings is 1. The van der Waals surface area contributed by atoms with Crippen molar-refractivity contribution in [2.45, 2.75) is 6.42 Å². The fraction of sp³-hybridized carbons (Fsp3) is 0.0714. The van der Waals surface area contributed by atoms with Gasteiger partial charge in [0.15, 0.2) is 0 Å². The highest BCUT2D eigenvalue weighted by Crippen LogP contribution is 2.39. The van der Waals surface area contributed by atoms with Crippen LogP contribution >= 0.6 is 15.9 Å². The standard InChI is InChI=1S/C14H8BrFN2/c15-11-3-1-2-9-10(11)6-12-14(9)17-13-5-4-8(16)7-18(12)13/h1-5,7H,6H2. The molecule has 0 bridgehead atoms. The van der Waals surface area contributed by atoms with Crippen molar-refractivity contribution in [3.8, 4) is 11.3 Å². The molecule has 88 valence electrons. The fourth-order valence-electron chi connectivity index (χ4n) is 2.58. The van der Waals surface area contributed by atoms with Crippen molar-refractivity contribution in [2.75, 3.05) is 0 Å². The van der Waals surface area contributed by atoms with E-state index in [0.717, 1.165) is 33.5 Å². The number of pyridine rings is 1. The molecule has 0 fully saturated rings. The molecule has 2 heterocycles. The lowest BCUT2D eigenvalue weighted by atomic mass is 10.1. The highest BCUT2D eigenvalue weighted by atomic mass is 79.9. The molecule has 1 aromatic carbocycles. The van der Waals surface area contributed by atoms with Crippen LogP contribution in [0.4, 0.5) is 4.39 Å². The van der Waals surface area contributed by atoms with Crippen molar-refractivity contribution in [1.29, 1.82) is 0 Å². The molecular formula is C14H8BrFN2. The zero-order valence-electron chi connectivity index (χ0n) is 9.32. The van der Waals surface area contributed by atoms with Gasteiger partial charge in [-0.15, -0.1) is 0 Å². The molecule has 1 aliphatic rings. The molecule has 2 aromatic heterocycles. The van der Waals surface area contributed by atoms with Crippen LogP contribution in [0.3, 0.4) is 0 Å². The summed E-state index contributed by atoms with van der Waals surface area (Å²) in [7, 11) is 0. The summed E-state index contributed by atoms with van der Waals surface area (Å²) < 4.78 is 16.3. The van der Waals surface area contributed by atoms with Gasteiger partial charge in [-0.25, -0.2) is 9.37 Å². The van der Waals surface area contributed by atoms with Gasteiger partial charge in [-0.3, -0.25) is 0 Å². The Labute approximate surface area is 111 Å². The van der Waals surface area contributed by atoms with E-state index in [9.17, 15) is 4.39 Å². The first-order valence-corrected chi connectivity index (χ1v) is 6.47. The Morgan fingerprint density at radius 2 is 2.11 bits per heavy atom. The lowest BCUT2D eigenvalue weighted by molar-refractivity contribution is 0.618. The van der Waals surface area contributed by atoms with Gasteiger partial charge < -0.3 is 4.40 Å². The van der Waals surface area contributed by atoms with Crippen LogP contribution in [0.25, 0.3) is 16.9 Å². The van der Waals surface area contributed by atoms with Gasteiger partial charge in [0, 0.05) is 22.7 Å². The molecule has 0 radical (unpaired) electrons. The van der Waals surface area contributed by atoms with Gasteiger partial charge in [-0.2, -0.15) is 0 Å². The Morgan fingerprint density at radius 3 is 3.00 bits per heavy atom. The first kappa shape index (κ1) is 10.3. The van der Waals surface area contributed by atoms with Crippen LogP contribution in [0.15, 0.2) is 41.0 Å². The number of hydrogen-bond donors (Lipinski definition) is 0. The molecule has 1 aliphatic carbocycles. The molecule has 0 amide bonds. The van der Waals surface area contributed by atoms with E-state index in [1.807, 2.05) is 16.5 Å². The minimum Gasteiger partial charge on any atom is -0.300 e. The SMILES string of the molecule is Fc1ccc2nc3c(n2c1)Cc1c(Br)cccc1-3. The normalized spacial score (nSPS) is 12.8. The quantitative estimate of drug-likeness (QED) is 0.483. The number of hydrogen-bond acceptors (Lipinski definition) is 1. The summed E-state index contributed by atoms with van der Waals surface area (Å²) in [6.07, 6.45) is 2.29. The van der Waals surface area contributed by atoms with Crippen LogP contribution in [-0.2, 0) is 6.42 Å². The highest BCUT2D eigenvalue weighted by molar-refractivity contribution is 9.10. The van der Waals surface area contributed by atoms with Crippen LogP contribution < -0.4 is 0 Å². The van der Waals surface area contributed by atoms with E-state index in [2.05, 4.69) is 27.0 Å². The zero-order chi connectivity index (χ0) is 12.3. The van der Waals surface area contributed by atoms with Crippen LogP contribution in [0.1, 0.15) is 11.3 Å². The molecule has 0 aliphatic heterocycles. The van der Waals surface area contributed by atoms with E-state index in [-0.39, 0.29) is 5.82 Å². The average molecular weight is 303 g/mol. The summed E-state index contributed by atoms with van der Waals surface area (Å²) in [5, 5.41) is 0. The molecule has 0 atom stereocenters. The van der Waals surface area contributed by atoms with Gasteiger partial charge in [-0.05, 0) is 23.8 Å². The summed E-state index contributed by atoms with van der Waals surface area (Å²) in [5.74, 6) is -0.238. The van der Waals surface area contributed by atoms with Crippen LogP contribution in [0.5, 0.6) is 0 Å². The Bertz CT molecular complexity index is 792. The van der Waals surface area contributed by atoms with Crippen LogP contribution in [-0.4, -0.2) is 9.38 Å². The molecule has 4 rings (SSSR count). The second-order valence-electron chi connectivity index (χ2n) is 4.43. The largest absolute Gasteiger partial charge is 0.300 e. The second kappa shape index (κ2) is 3.42. The average Bonchev–Trinajstić information content (AvgIpc) is 2.87. The van der Waals surface area contributed by atoms with Crippen molar-refractivity contribution >= 4 is 21.6 Å². The van der Waals surface area contributed by atoms with Gasteiger partial charge >= 0.3 is 0 Å². The number of aromatic nitrogens is 2. The monoisotopic (exact) mass is 302 g/mol. The number of nitrogens with zero attached hydrogens (tertiary/aromatic N) is 2. The number of imidazole rings is 1. The van der Waals surface area contributed by atoms with Gasteiger partial charge in [-0.1, -0.05) is 28.1 Å². The Morgan fingerprint density at radius 1 is 1.22 bits per heavy atom. The molecule has 3 aromatic rings. The molecular weight excluding hydrogens is 295 g/mol. The minimum absolute atomic E-state index is 0.238. The Kier molecular flexibility index (Phi) is 1.95. The predicted octanol–water partition coefficient (Wildman–Crippen LogP) is 3.81. The van der Waals surface area contributed by atoms with Gasteiger partial charge in [0.05, 0.1) is 11.4 Å². The molecule has 0 saturated heterocycles. The molecule has 0 unspecified atom stereocenters. The maximum Gasteiger partial charge on any atom is 0.139 e. The maximum atomic E-state index is 13.3. The maximum absolute atomic E-state index is 13.3. The number of halogens is 2. The molecule has 0 saturated carbocycles. The zero-order valence-corrected chi connectivity index (χ0v) is 10.9. The molecule has 0 spiro atoms. The van der Waals surface area contributed by atoms with Crippen LogP contribution in [0, 0.1) is 5.82 Å². The predicted molar refractivity (Wildman–Crippen MR) is 71.1 cm³/mol. The first-order valence-electron chi connectivity index (χ1n) is 5.68. The third-order valence-corrected chi connectivity index (χ3v) is 4.14. The summed E-state index contributed by atoms with van der Waals surface area (Å²) in [6.45, 7) is 0. The highest BCUT2D eigenvalue weighted by Gasteiger charge is 2.25. The third-order valence-electron chi connectivity index (χ3n) is 3.40. The number of fused-ring (bicyclic) bond motifs is 5. The molecule has 0 N–H and O–H groups in total. The Hall–Kier alpha value is -1.68. The van der Waals surface area contributed by atoms with Crippen molar-refractivity contribution in [3.63, 3.8) is 0 Å². The molecule has 4 heteroatoms. The lowest BCUT2D eigenvalue weighted by Gasteiger charge is -2.02. The fourth-order valence-corrected chi connectivity index (χ4v) is 3.09. The summed E-state index contributed by atoms with van der Waals surface area (Å²) in [6, 6.07) is 9.25. The van der Waals surface area contributed by atoms with Crippen molar-refractivity contribution in [2.24, 2.45) is 0 Å². The topological polar surface area (TPSA) is 17.3 Å². The van der Waals surface area contributed by atoms with Gasteiger partial charge in [0.25, 0.3) is 0 Å². The van der Waals surface area contributed by atoms with Gasteiger partial charge in [0.2, 0.25) is 0 Å².